The molecule has 1 aliphatic carbocycles. The summed E-state index contributed by atoms with van der Waals surface area (Å²) in [5.41, 5.74) is 10.5. The molecule has 0 aromatic heterocycles. The van der Waals surface area contributed by atoms with Crippen molar-refractivity contribution in [3.05, 3.63) is 59.7 Å². The van der Waals surface area contributed by atoms with Crippen LogP contribution in [0.4, 0.5) is 11.4 Å². The molecule has 3 N–H and O–H groups in total. The molecule has 2 heteroatoms. The van der Waals surface area contributed by atoms with Crippen molar-refractivity contribution < 1.29 is 0 Å². The number of nitrogen functional groups attached to an aromatic ring is 1. The predicted molar refractivity (Wildman–Crippen MR) is 76.8 cm³/mol. The maximum Gasteiger partial charge on any atom is 0.0576 e. The molecular formula is C16H18N2. The van der Waals surface area contributed by atoms with E-state index in [0.29, 0.717) is 12.0 Å². The van der Waals surface area contributed by atoms with Gasteiger partial charge in [-0.05, 0) is 36.6 Å². The first kappa shape index (κ1) is 11.1. The van der Waals surface area contributed by atoms with Crippen LogP contribution in [-0.2, 0) is 0 Å². The van der Waals surface area contributed by atoms with Crippen LogP contribution < -0.4 is 11.1 Å². The lowest BCUT2D eigenvalue weighted by atomic mass is 10.1. The second-order valence-corrected chi connectivity index (χ2v) is 5.09. The second-order valence-electron chi connectivity index (χ2n) is 5.09. The van der Waals surface area contributed by atoms with Crippen molar-refractivity contribution in [2.24, 2.45) is 0 Å². The van der Waals surface area contributed by atoms with Crippen LogP contribution in [0.5, 0.6) is 0 Å². The van der Waals surface area contributed by atoms with E-state index in [-0.39, 0.29) is 0 Å². The summed E-state index contributed by atoms with van der Waals surface area (Å²) in [5, 5.41) is 3.53. The summed E-state index contributed by atoms with van der Waals surface area (Å²) >= 11 is 0. The zero-order chi connectivity index (χ0) is 12.5. The Hall–Kier alpha value is -1.96. The van der Waals surface area contributed by atoms with Crippen LogP contribution in [0.25, 0.3) is 0 Å². The summed E-state index contributed by atoms with van der Waals surface area (Å²) < 4.78 is 0. The minimum Gasteiger partial charge on any atom is -0.397 e. The van der Waals surface area contributed by atoms with Gasteiger partial charge in [0.05, 0.1) is 11.4 Å². The van der Waals surface area contributed by atoms with Gasteiger partial charge in [-0.25, -0.2) is 0 Å². The zero-order valence-corrected chi connectivity index (χ0v) is 10.6. The molecule has 0 radical (unpaired) electrons. The highest BCUT2D eigenvalue weighted by molar-refractivity contribution is 5.68. The van der Waals surface area contributed by atoms with Gasteiger partial charge in [0.25, 0.3) is 0 Å². The molecule has 18 heavy (non-hydrogen) atoms. The number of hydrogen-bond donors (Lipinski definition) is 2. The molecule has 2 unspecified atom stereocenters. The number of nitrogens with two attached hydrogens (primary N) is 1. The largest absolute Gasteiger partial charge is 0.397 e. The Labute approximate surface area is 108 Å². The lowest BCUT2D eigenvalue weighted by Crippen LogP contribution is -2.06. The quantitative estimate of drug-likeness (QED) is 0.803. The lowest BCUT2D eigenvalue weighted by molar-refractivity contribution is 1.05. The molecule has 0 spiro atoms. The average molecular weight is 238 g/mol. The highest BCUT2D eigenvalue weighted by Crippen LogP contribution is 2.43. The van der Waals surface area contributed by atoms with Crippen molar-refractivity contribution in [3.8, 4) is 0 Å². The van der Waals surface area contributed by atoms with Crippen molar-refractivity contribution in [3.63, 3.8) is 0 Å². The number of benzene rings is 2. The van der Waals surface area contributed by atoms with Crippen LogP contribution in [-0.4, -0.2) is 6.04 Å². The maximum absolute atomic E-state index is 6.02. The molecule has 2 nitrogen and oxygen atoms in total. The van der Waals surface area contributed by atoms with Gasteiger partial charge in [0, 0.05) is 12.0 Å². The standard InChI is InChI=1S/C16H18N2/c1-11-7-8-15(14(17)9-11)18-16-10-13(16)12-5-3-2-4-6-12/h2-9,13,16,18H,10,17H2,1H3. The molecule has 1 fully saturated rings. The number of aryl methyl sites for hydroxylation is 1. The third-order valence-corrected chi connectivity index (χ3v) is 3.57. The monoisotopic (exact) mass is 238 g/mol. The fourth-order valence-electron chi connectivity index (χ4n) is 2.44. The van der Waals surface area contributed by atoms with E-state index in [0.717, 1.165) is 11.4 Å². The molecule has 2 aromatic rings. The molecule has 0 saturated heterocycles. The fourth-order valence-corrected chi connectivity index (χ4v) is 2.44. The van der Waals surface area contributed by atoms with Crippen molar-refractivity contribution in [1.29, 1.82) is 0 Å². The van der Waals surface area contributed by atoms with Crippen LogP contribution in [0.2, 0.25) is 0 Å². The third kappa shape index (κ3) is 2.19. The number of nitrogens with one attached hydrogen (secondary N) is 1. The van der Waals surface area contributed by atoms with Gasteiger partial charge in [0.15, 0.2) is 0 Å². The minimum absolute atomic E-state index is 0.525. The highest BCUT2D eigenvalue weighted by Gasteiger charge is 2.38. The number of rotatable bonds is 3. The smallest absolute Gasteiger partial charge is 0.0576 e. The van der Waals surface area contributed by atoms with Crippen LogP contribution in [0.3, 0.4) is 0 Å². The van der Waals surface area contributed by atoms with Crippen LogP contribution in [0.15, 0.2) is 48.5 Å². The molecule has 1 saturated carbocycles. The van der Waals surface area contributed by atoms with Gasteiger partial charge in [-0.1, -0.05) is 36.4 Å². The van der Waals surface area contributed by atoms with E-state index in [4.69, 9.17) is 5.73 Å². The summed E-state index contributed by atoms with van der Waals surface area (Å²) in [6, 6.07) is 17.4. The van der Waals surface area contributed by atoms with Gasteiger partial charge < -0.3 is 11.1 Å². The molecule has 0 amide bonds. The van der Waals surface area contributed by atoms with Crippen LogP contribution in [0, 0.1) is 6.92 Å². The van der Waals surface area contributed by atoms with Crippen molar-refractivity contribution >= 4 is 11.4 Å². The van der Waals surface area contributed by atoms with Crippen molar-refractivity contribution in [1.82, 2.24) is 0 Å². The van der Waals surface area contributed by atoms with E-state index in [1.807, 2.05) is 6.07 Å². The Morgan fingerprint density at radius 3 is 2.61 bits per heavy atom. The fraction of sp³-hybridized carbons (Fsp3) is 0.250. The molecule has 1 aliphatic rings. The Morgan fingerprint density at radius 1 is 1.11 bits per heavy atom. The van der Waals surface area contributed by atoms with Gasteiger partial charge in [-0.15, -0.1) is 0 Å². The van der Waals surface area contributed by atoms with E-state index in [2.05, 4.69) is 54.7 Å². The van der Waals surface area contributed by atoms with E-state index < -0.39 is 0 Å². The molecular weight excluding hydrogens is 220 g/mol. The molecule has 3 rings (SSSR count). The summed E-state index contributed by atoms with van der Waals surface area (Å²) in [7, 11) is 0. The van der Waals surface area contributed by atoms with Gasteiger partial charge in [0.2, 0.25) is 0 Å². The van der Waals surface area contributed by atoms with Gasteiger partial charge in [-0.3, -0.25) is 0 Å². The lowest BCUT2D eigenvalue weighted by Gasteiger charge is -2.09. The van der Waals surface area contributed by atoms with Crippen LogP contribution in [0.1, 0.15) is 23.5 Å². The van der Waals surface area contributed by atoms with Gasteiger partial charge >= 0.3 is 0 Å². The SMILES string of the molecule is Cc1ccc(NC2CC2c2ccccc2)c(N)c1. The Bertz CT molecular complexity index is 548. The highest BCUT2D eigenvalue weighted by atomic mass is 15.0. The normalized spacial score (nSPS) is 21.6. The average Bonchev–Trinajstić information content (AvgIpc) is 3.13. The molecule has 2 aromatic carbocycles. The van der Waals surface area contributed by atoms with Crippen molar-refractivity contribution in [2.45, 2.75) is 25.3 Å². The predicted octanol–water partition coefficient (Wildman–Crippen LogP) is 3.55. The number of anilines is 2. The Kier molecular flexibility index (Phi) is 2.71. The number of hydrogen-bond acceptors (Lipinski definition) is 2. The first-order chi connectivity index (χ1) is 8.74. The van der Waals surface area contributed by atoms with E-state index in [9.17, 15) is 0 Å². The van der Waals surface area contributed by atoms with Crippen LogP contribution >= 0.6 is 0 Å². The Balaban J connectivity index is 1.69. The van der Waals surface area contributed by atoms with E-state index in [1.165, 1.54) is 17.5 Å². The van der Waals surface area contributed by atoms with E-state index >= 15 is 0 Å². The van der Waals surface area contributed by atoms with Gasteiger partial charge in [-0.2, -0.15) is 0 Å². The maximum atomic E-state index is 6.02. The molecule has 0 heterocycles. The third-order valence-electron chi connectivity index (χ3n) is 3.57. The molecule has 0 bridgehead atoms. The summed E-state index contributed by atoms with van der Waals surface area (Å²) in [5.74, 6) is 0.631. The molecule has 92 valence electrons. The Morgan fingerprint density at radius 2 is 1.89 bits per heavy atom. The summed E-state index contributed by atoms with van der Waals surface area (Å²) in [6.45, 7) is 2.06. The zero-order valence-electron chi connectivity index (χ0n) is 10.6. The molecule has 0 aliphatic heterocycles. The summed E-state index contributed by atoms with van der Waals surface area (Å²) in [6.07, 6.45) is 1.19. The summed E-state index contributed by atoms with van der Waals surface area (Å²) in [4.78, 5) is 0. The first-order valence-corrected chi connectivity index (χ1v) is 6.41. The second kappa shape index (κ2) is 4.37. The van der Waals surface area contributed by atoms with Gasteiger partial charge in [0.1, 0.15) is 0 Å². The molecule has 2 atom stereocenters. The van der Waals surface area contributed by atoms with E-state index in [1.54, 1.807) is 0 Å². The first-order valence-electron chi connectivity index (χ1n) is 6.41. The minimum atomic E-state index is 0.525. The van der Waals surface area contributed by atoms with Crippen molar-refractivity contribution in [2.75, 3.05) is 11.1 Å². The topological polar surface area (TPSA) is 38.0 Å².